The number of carbonyl (C=O) groups excluding carboxylic acids is 1. The summed E-state index contributed by atoms with van der Waals surface area (Å²) in [4.78, 5) is 31.8. The zero-order chi connectivity index (χ0) is 36.8. The second-order valence-electron chi connectivity index (χ2n) is 13.0. The molecule has 13 heteroatoms. The molecule has 3 N–H and O–H groups in total. The average Bonchev–Trinajstić information content (AvgIpc) is 3.75. The Morgan fingerprint density at radius 1 is 0.962 bits per heavy atom. The highest BCUT2D eigenvalue weighted by molar-refractivity contribution is 6.32. The predicted molar refractivity (Wildman–Crippen MR) is 191 cm³/mol. The summed E-state index contributed by atoms with van der Waals surface area (Å²) < 4.78 is 18.3. The molecule has 6 rings (SSSR count). The van der Waals surface area contributed by atoms with Gasteiger partial charge >= 0.3 is 5.97 Å². The van der Waals surface area contributed by atoms with E-state index in [2.05, 4.69) is 11.1 Å². The van der Waals surface area contributed by atoms with Crippen molar-refractivity contribution < 1.29 is 39.1 Å². The molecule has 2 fully saturated rings. The van der Waals surface area contributed by atoms with Crippen LogP contribution in [0, 0.1) is 18.3 Å². The molecular weight excluding hydrogens is 688 g/mol. The van der Waals surface area contributed by atoms with Gasteiger partial charge in [0.1, 0.15) is 42.6 Å². The topological polar surface area (TPSA) is 166 Å². The number of amides is 1. The molecule has 2 saturated heterocycles. The van der Waals surface area contributed by atoms with E-state index in [9.17, 15) is 30.2 Å². The maximum absolute atomic E-state index is 12.5. The number of pyridine rings is 1. The summed E-state index contributed by atoms with van der Waals surface area (Å²) in [5.74, 6) is 0.140. The Hall–Kier alpha value is -5.19. The van der Waals surface area contributed by atoms with Crippen LogP contribution in [0.2, 0.25) is 5.02 Å². The molecule has 0 radical (unpaired) electrons. The Balaban J connectivity index is 1.19. The van der Waals surface area contributed by atoms with Gasteiger partial charge in [-0.2, -0.15) is 5.26 Å². The standard InChI is InChI=1S/C39H39ClN4O8/c1-24-28(5-3-7-33(24)27-4-2-6-32(11-27)50-23-38(47)43-9-8-30(45)19-43)22-52-37-14-36(51-21-26-10-25(15-41)16-42-17-26)29(12-34(37)40)18-44-20-31(46)13-35(44)39(48)49/h2-7,10-12,14,16-17,30-31,35,45-46H,8-9,13,18-23H2,1H3,(H,48,49)/t30-,31+,35+/m1/s1. The number of aliphatic hydroxyl groups excluding tert-OH is 2. The Kier molecular flexibility index (Phi) is 11.6. The zero-order valence-corrected chi connectivity index (χ0v) is 29.3. The van der Waals surface area contributed by atoms with Gasteiger partial charge in [0.05, 0.1) is 22.8 Å². The minimum absolute atomic E-state index is 0.0844. The Morgan fingerprint density at radius 3 is 2.54 bits per heavy atom. The lowest BCUT2D eigenvalue weighted by molar-refractivity contribution is -0.142. The molecule has 270 valence electrons. The van der Waals surface area contributed by atoms with Crippen molar-refractivity contribution in [1.82, 2.24) is 14.8 Å². The number of aliphatic carboxylic acids is 1. The smallest absolute Gasteiger partial charge is 0.321 e. The maximum atomic E-state index is 12.5. The van der Waals surface area contributed by atoms with Crippen LogP contribution in [-0.2, 0) is 29.3 Å². The molecule has 1 aromatic heterocycles. The largest absolute Gasteiger partial charge is 0.488 e. The average molecular weight is 727 g/mol. The first-order valence-corrected chi connectivity index (χ1v) is 17.3. The number of halogens is 1. The van der Waals surface area contributed by atoms with Crippen molar-refractivity contribution in [2.75, 3.05) is 26.2 Å². The summed E-state index contributed by atoms with van der Waals surface area (Å²) in [6.07, 6.45) is 2.50. The number of carbonyl (C=O) groups is 2. The van der Waals surface area contributed by atoms with Crippen molar-refractivity contribution in [3.05, 3.63) is 106 Å². The third kappa shape index (κ3) is 8.81. The zero-order valence-electron chi connectivity index (χ0n) is 28.6. The first-order valence-electron chi connectivity index (χ1n) is 16.9. The molecule has 12 nitrogen and oxygen atoms in total. The molecule has 4 aromatic rings. The molecule has 1 amide bonds. The highest BCUT2D eigenvalue weighted by Gasteiger charge is 2.36. The molecule has 0 unspecified atom stereocenters. The van der Waals surface area contributed by atoms with Crippen molar-refractivity contribution >= 4 is 23.5 Å². The quantitative estimate of drug-likeness (QED) is 0.174. The number of nitriles is 1. The van der Waals surface area contributed by atoms with Gasteiger partial charge in [0.2, 0.25) is 0 Å². The van der Waals surface area contributed by atoms with E-state index in [1.807, 2.05) is 43.3 Å². The third-order valence-corrected chi connectivity index (χ3v) is 9.62. The van der Waals surface area contributed by atoms with E-state index in [4.69, 9.17) is 25.8 Å². The van der Waals surface area contributed by atoms with Gasteiger partial charge in [-0.25, -0.2) is 0 Å². The lowest BCUT2D eigenvalue weighted by Crippen LogP contribution is -2.35. The van der Waals surface area contributed by atoms with Gasteiger partial charge in [-0.15, -0.1) is 0 Å². The maximum Gasteiger partial charge on any atom is 0.321 e. The number of benzene rings is 3. The summed E-state index contributed by atoms with van der Waals surface area (Å²) in [6, 6.07) is 19.7. The van der Waals surface area contributed by atoms with Crippen molar-refractivity contribution in [2.24, 2.45) is 0 Å². The van der Waals surface area contributed by atoms with Gasteiger partial charge in [-0.05, 0) is 59.9 Å². The fourth-order valence-corrected chi connectivity index (χ4v) is 6.77. The Morgan fingerprint density at radius 2 is 1.77 bits per heavy atom. The van der Waals surface area contributed by atoms with Crippen LogP contribution in [0.1, 0.15) is 40.7 Å². The van der Waals surface area contributed by atoms with Crippen LogP contribution in [0.25, 0.3) is 11.1 Å². The molecule has 52 heavy (non-hydrogen) atoms. The van der Waals surface area contributed by atoms with E-state index in [1.165, 1.54) is 6.20 Å². The van der Waals surface area contributed by atoms with E-state index in [1.54, 1.807) is 40.3 Å². The molecule has 0 bridgehead atoms. The molecular formula is C39H39ClN4O8. The van der Waals surface area contributed by atoms with Crippen molar-refractivity contribution in [1.29, 1.82) is 5.26 Å². The number of aliphatic hydroxyl groups is 2. The second kappa shape index (κ2) is 16.4. The molecule has 2 aliphatic rings. The minimum Gasteiger partial charge on any atom is -0.488 e. The van der Waals surface area contributed by atoms with E-state index in [-0.39, 0.29) is 45.2 Å². The molecule has 3 atom stereocenters. The summed E-state index contributed by atoms with van der Waals surface area (Å²) >= 11 is 6.76. The van der Waals surface area contributed by atoms with Gasteiger partial charge in [-0.1, -0.05) is 41.9 Å². The van der Waals surface area contributed by atoms with Crippen LogP contribution < -0.4 is 14.2 Å². The van der Waals surface area contributed by atoms with Crippen LogP contribution in [0.3, 0.4) is 0 Å². The predicted octanol–water partition coefficient (Wildman–Crippen LogP) is 4.73. The second-order valence-corrected chi connectivity index (χ2v) is 13.4. The molecule has 3 heterocycles. The van der Waals surface area contributed by atoms with E-state index in [0.717, 1.165) is 22.3 Å². The van der Waals surface area contributed by atoms with Crippen molar-refractivity contribution in [3.63, 3.8) is 0 Å². The number of hydrogen-bond donors (Lipinski definition) is 3. The van der Waals surface area contributed by atoms with Gasteiger partial charge < -0.3 is 34.4 Å². The highest BCUT2D eigenvalue weighted by atomic mass is 35.5. The van der Waals surface area contributed by atoms with E-state index < -0.39 is 24.2 Å². The number of hydrogen-bond acceptors (Lipinski definition) is 10. The van der Waals surface area contributed by atoms with Crippen LogP contribution >= 0.6 is 11.6 Å². The number of likely N-dealkylation sites (tertiary alicyclic amines) is 2. The SMILES string of the molecule is Cc1c(COc2cc(OCc3cncc(C#N)c3)c(CN3C[C@@H](O)C[C@H]3C(=O)O)cc2Cl)cccc1-c1cccc(OCC(=O)N2CC[C@@H](O)C2)c1. The normalized spacial score (nSPS) is 18.6. The van der Waals surface area contributed by atoms with Crippen molar-refractivity contribution in [3.8, 4) is 34.4 Å². The number of carboxylic acids is 1. The lowest BCUT2D eigenvalue weighted by Gasteiger charge is -2.23. The highest BCUT2D eigenvalue weighted by Crippen LogP contribution is 2.37. The van der Waals surface area contributed by atoms with E-state index >= 15 is 0 Å². The molecule has 0 spiro atoms. The summed E-state index contributed by atoms with van der Waals surface area (Å²) in [7, 11) is 0. The molecule has 0 saturated carbocycles. The molecule has 2 aliphatic heterocycles. The van der Waals surface area contributed by atoms with Gasteiger partial charge in [-0.3, -0.25) is 19.5 Å². The molecule has 3 aromatic carbocycles. The number of aromatic nitrogens is 1. The third-order valence-electron chi connectivity index (χ3n) is 9.33. The fourth-order valence-electron chi connectivity index (χ4n) is 6.53. The number of rotatable bonds is 13. The van der Waals surface area contributed by atoms with Gasteiger partial charge in [0, 0.05) is 62.2 Å². The van der Waals surface area contributed by atoms with Crippen LogP contribution in [0.5, 0.6) is 17.2 Å². The number of carboxylic acid groups (broad SMARTS) is 1. The van der Waals surface area contributed by atoms with Crippen LogP contribution in [0.15, 0.2) is 73.1 Å². The summed E-state index contributed by atoms with van der Waals surface area (Å²) in [5, 5.41) is 39.3. The minimum atomic E-state index is -1.02. The van der Waals surface area contributed by atoms with E-state index in [0.29, 0.717) is 58.5 Å². The fraction of sp³-hybridized carbons (Fsp3) is 0.333. The molecule has 0 aliphatic carbocycles. The van der Waals surface area contributed by atoms with Crippen LogP contribution in [-0.4, -0.2) is 86.5 Å². The summed E-state index contributed by atoms with van der Waals surface area (Å²) in [6.45, 7) is 3.35. The summed E-state index contributed by atoms with van der Waals surface area (Å²) in [5.41, 5.74) is 5.42. The lowest BCUT2D eigenvalue weighted by atomic mass is 9.96. The number of β-amino-alcohol motifs (C(OH)–C–C–N with tert-alkyl or cyclic N) is 2. The van der Waals surface area contributed by atoms with Gasteiger partial charge in [0.15, 0.2) is 6.61 Å². The van der Waals surface area contributed by atoms with Gasteiger partial charge in [0.25, 0.3) is 5.91 Å². The monoisotopic (exact) mass is 726 g/mol. The Bertz CT molecular complexity index is 1980. The van der Waals surface area contributed by atoms with Crippen LogP contribution in [0.4, 0.5) is 0 Å². The number of ether oxygens (including phenoxy) is 3. The first kappa shape index (κ1) is 36.6. The first-order chi connectivity index (χ1) is 25.1. The Labute approximate surface area is 306 Å². The number of nitrogens with zero attached hydrogens (tertiary/aromatic N) is 4. The van der Waals surface area contributed by atoms with Crippen molar-refractivity contribution in [2.45, 2.75) is 57.8 Å².